The van der Waals surface area contributed by atoms with E-state index in [9.17, 15) is 9.18 Å². The van der Waals surface area contributed by atoms with E-state index in [0.29, 0.717) is 13.1 Å². The van der Waals surface area contributed by atoms with Crippen LogP contribution in [-0.2, 0) is 11.3 Å². The van der Waals surface area contributed by atoms with Crippen molar-refractivity contribution in [2.45, 2.75) is 19.0 Å². The molecular weight excluding hydrogens is 285 g/mol. The number of hydrogen-bond donors (Lipinski definition) is 1. The molecular formula is C15H20FN5O. The molecule has 0 fully saturated rings. The number of amides is 1. The lowest BCUT2D eigenvalue weighted by Crippen LogP contribution is -2.37. The van der Waals surface area contributed by atoms with E-state index in [1.807, 2.05) is 14.1 Å². The Morgan fingerprint density at radius 3 is 2.68 bits per heavy atom. The quantitative estimate of drug-likeness (QED) is 0.782. The molecule has 0 saturated heterocycles. The molecule has 0 unspecified atom stereocenters. The van der Waals surface area contributed by atoms with Crippen LogP contribution in [0.25, 0.3) is 0 Å². The predicted octanol–water partition coefficient (Wildman–Crippen LogP) is 1.23. The predicted molar refractivity (Wildman–Crippen MR) is 80.5 cm³/mol. The van der Waals surface area contributed by atoms with Crippen LogP contribution in [0.15, 0.2) is 36.9 Å². The Hall–Kier alpha value is -2.28. The van der Waals surface area contributed by atoms with E-state index in [4.69, 9.17) is 0 Å². The number of halogens is 1. The maximum atomic E-state index is 13.0. The van der Waals surface area contributed by atoms with E-state index >= 15 is 0 Å². The minimum atomic E-state index is -0.438. The Morgan fingerprint density at radius 1 is 1.36 bits per heavy atom. The van der Waals surface area contributed by atoms with Gasteiger partial charge in [0.05, 0.1) is 0 Å². The zero-order valence-corrected chi connectivity index (χ0v) is 12.7. The molecule has 22 heavy (non-hydrogen) atoms. The van der Waals surface area contributed by atoms with E-state index in [-0.39, 0.29) is 11.7 Å². The number of carbonyl (C=O) groups excluding carboxylic acids is 1. The summed E-state index contributed by atoms with van der Waals surface area (Å²) in [7, 11) is 3.64. The standard InChI is InChI=1S/C15H20FN5O/c1-20(2)14(12-4-6-13(16)7-5-12)15(22)18-8-3-9-21-11-17-10-19-21/h4-7,10-11,14H,3,8-9H2,1-2H3,(H,18,22)/t14-/m1/s1. The van der Waals surface area contributed by atoms with Crippen LogP contribution in [0.2, 0.25) is 0 Å². The number of hydrogen-bond acceptors (Lipinski definition) is 4. The van der Waals surface area contributed by atoms with Crippen molar-refractivity contribution in [2.24, 2.45) is 0 Å². The van der Waals surface area contributed by atoms with Crippen LogP contribution in [0.4, 0.5) is 4.39 Å². The van der Waals surface area contributed by atoms with Crippen molar-refractivity contribution in [1.29, 1.82) is 0 Å². The molecule has 0 bridgehead atoms. The summed E-state index contributed by atoms with van der Waals surface area (Å²) in [5.74, 6) is -0.412. The Morgan fingerprint density at radius 2 is 2.09 bits per heavy atom. The average Bonchev–Trinajstić information content (AvgIpc) is 2.99. The highest BCUT2D eigenvalue weighted by molar-refractivity contribution is 5.83. The Bertz CT molecular complexity index is 582. The number of rotatable bonds is 7. The van der Waals surface area contributed by atoms with E-state index in [1.54, 1.807) is 28.0 Å². The van der Waals surface area contributed by atoms with Crippen LogP contribution < -0.4 is 5.32 Å². The van der Waals surface area contributed by atoms with E-state index in [0.717, 1.165) is 12.0 Å². The topological polar surface area (TPSA) is 63.1 Å². The second kappa shape index (κ2) is 7.65. The first-order valence-corrected chi connectivity index (χ1v) is 7.10. The highest BCUT2D eigenvalue weighted by Crippen LogP contribution is 2.18. The Balaban J connectivity index is 1.88. The molecule has 7 heteroatoms. The zero-order chi connectivity index (χ0) is 15.9. The first-order chi connectivity index (χ1) is 10.6. The third-order valence-corrected chi connectivity index (χ3v) is 3.28. The van der Waals surface area contributed by atoms with E-state index < -0.39 is 6.04 Å². The highest BCUT2D eigenvalue weighted by Gasteiger charge is 2.22. The zero-order valence-electron chi connectivity index (χ0n) is 12.7. The lowest BCUT2D eigenvalue weighted by Gasteiger charge is -2.23. The summed E-state index contributed by atoms with van der Waals surface area (Å²) in [6.45, 7) is 1.24. The number of benzene rings is 1. The van der Waals surface area contributed by atoms with Gasteiger partial charge >= 0.3 is 0 Å². The summed E-state index contributed by atoms with van der Waals surface area (Å²) in [6, 6.07) is 5.56. The minimum absolute atomic E-state index is 0.102. The molecule has 1 aromatic heterocycles. The number of aryl methyl sites for hydroxylation is 1. The summed E-state index contributed by atoms with van der Waals surface area (Å²) in [5.41, 5.74) is 0.764. The van der Waals surface area contributed by atoms with E-state index in [1.165, 1.54) is 18.5 Å². The van der Waals surface area contributed by atoms with Gasteiger partial charge in [-0.15, -0.1) is 0 Å². The van der Waals surface area contributed by atoms with Crippen LogP contribution >= 0.6 is 0 Å². The lowest BCUT2D eigenvalue weighted by molar-refractivity contribution is -0.125. The molecule has 0 spiro atoms. The molecule has 0 aliphatic heterocycles. The van der Waals surface area contributed by atoms with Gasteiger partial charge in [0.15, 0.2) is 0 Å². The third-order valence-electron chi connectivity index (χ3n) is 3.28. The van der Waals surface area contributed by atoms with Gasteiger partial charge in [-0.1, -0.05) is 12.1 Å². The number of carbonyl (C=O) groups is 1. The second-order valence-electron chi connectivity index (χ2n) is 5.22. The SMILES string of the molecule is CN(C)[C@@H](C(=O)NCCCn1cncn1)c1ccc(F)cc1. The number of nitrogens with one attached hydrogen (secondary N) is 1. The van der Waals surface area contributed by atoms with Crippen molar-refractivity contribution in [3.05, 3.63) is 48.3 Å². The molecule has 0 radical (unpaired) electrons. The summed E-state index contributed by atoms with van der Waals surface area (Å²) in [6.07, 6.45) is 3.89. The van der Waals surface area contributed by atoms with Gasteiger partial charge in [0.1, 0.15) is 24.5 Å². The molecule has 118 valence electrons. The highest BCUT2D eigenvalue weighted by atomic mass is 19.1. The molecule has 1 heterocycles. The van der Waals surface area contributed by atoms with Gasteiger partial charge in [0.25, 0.3) is 0 Å². The Labute approximate surface area is 129 Å². The fraction of sp³-hybridized carbons (Fsp3) is 0.400. The second-order valence-corrected chi connectivity index (χ2v) is 5.22. The molecule has 0 saturated carbocycles. The molecule has 2 rings (SSSR count). The van der Waals surface area contributed by atoms with Crippen LogP contribution in [0.1, 0.15) is 18.0 Å². The summed E-state index contributed by atoms with van der Waals surface area (Å²) in [5, 5.41) is 6.90. The summed E-state index contributed by atoms with van der Waals surface area (Å²) < 4.78 is 14.7. The maximum absolute atomic E-state index is 13.0. The van der Waals surface area contributed by atoms with Gasteiger partial charge in [-0.05, 0) is 38.2 Å². The fourth-order valence-corrected chi connectivity index (χ4v) is 2.23. The Kier molecular flexibility index (Phi) is 5.60. The molecule has 1 aromatic carbocycles. The minimum Gasteiger partial charge on any atom is -0.354 e. The van der Waals surface area contributed by atoms with Crippen molar-refractivity contribution < 1.29 is 9.18 Å². The van der Waals surface area contributed by atoms with Crippen molar-refractivity contribution in [1.82, 2.24) is 25.0 Å². The van der Waals surface area contributed by atoms with Crippen LogP contribution in [0.5, 0.6) is 0 Å². The van der Waals surface area contributed by atoms with Crippen molar-refractivity contribution in [3.63, 3.8) is 0 Å². The molecule has 2 aromatic rings. The monoisotopic (exact) mass is 305 g/mol. The number of aromatic nitrogens is 3. The number of likely N-dealkylation sites (N-methyl/N-ethyl adjacent to an activating group) is 1. The van der Waals surface area contributed by atoms with Gasteiger partial charge in [0.2, 0.25) is 5.91 Å². The van der Waals surface area contributed by atoms with Crippen molar-refractivity contribution in [3.8, 4) is 0 Å². The molecule has 1 atom stereocenters. The summed E-state index contributed by atoms with van der Waals surface area (Å²) >= 11 is 0. The maximum Gasteiger partial charge on any atom is 0.241 e. The summed E-state index contributed by atoms with van der Waals surface area (Å²) in [4.78, 5) is 18.0. The largest absolute Gasteiger partial charge is 0.354 e. The molecule has 0 aliphatic rings. The molecule has 0 aliphatic carbocycles. The fourth-order valence-electron chi connectivity index (χ4n) is 2.23. The van der Waals surface area contributed by atoms with Gasteiger partial charge < -0.3 is 5.32 Å². The lowest BCUT2D eigenvalue weighted by atomic mass is 10.1. The molecule has 6 nitrogen and oxygen atoms in total. The van der Waals surface area contributed by atoms with Crippen molar-refractivity contribution >= 4 is 5.91 Å². The normalized spacial score (nSPS) is 12.4. The molecule has 1 N–H and O–H groups in total. The average molecular weight is 305 g/mol. The van der Waals surface area contributed by atoms with Crippen molar-refractivity contribution in [2.75, 3.05) is 20.6 Å². The number of nitrogens with zero attached hydrogens (tertiary/aromatic N) is 4. The van der Waals surface area contributed by atoms with Crippen LogP contribution in [0, 0.1) is 5.82 Å². The van der Waals surface area contributed by atoms with Gasteiger partial charge in [-0.2, -0.15) is 5.10 Å². The first-order valence-electron chi connectivity index (χ1n) is 7.10. The van der Waals surface area contributed by atoms with Gasteiger partial charge in [-0.25, -0.2) is 9.37 Å². The third kappa shape index (κ3) is 4.36. The van der Waals surface area contributed by atoms with E-state index in [2.05, 4.69) is 15.4 Å². The van der Waals surface area contributed by atoms with Gasteiger partial charge in [0, 0.05) is 13.1 Å². The molecule has 1 amide bonds. The van der Waals surface area contributed by atoms with Crippen LogP contribution in [0.3, 0.4) is 0 Å². The van der Waals surface area contributed by atoms with Gasteiger partial charge in [-0.3, -0.25) is 14.4 Å². The first kappa shape index (κ1) is 16.1. The smallest absolute Gasteiger partial charge is 0.241 e. The van der Waals surface area contributed by atoms with Crippen LogP contribution in [-0.4, -0.2) is 46.2 Å².